The lowest BCUT2D eigenvalue weighted by molar-refractivity contribution is 0.249. The number of nitrogens with zero attached hydrogens (tertiary/aromatic N) is 1. The van der Waals surface area contributed by atoms with Crippen LogP contribution in [-0.4, -0.2) is 30.6 Å². The van der Waals surface area contributed by atoms with E-state index in [4.69, 9.17) is 5.73 Å². The molecule has 0 bridgehead atoms. The molecular weight excluding hydrogens is 192 g/mol. The van der Waals surface area contributed by atoms with Crippen LogP contribution in [0, 0.1) is 0 Å². The molecule has 0 atom stereocenters. The zero-order valence-corrected chi connectivity index (χ0v) is 8.57. The van der Waals surface area contributed by atoms with Crippen LogP contribution in [0.3, 0.4) is 0 Å². The van der Waals surface area contributed by atoms with Gasteiger partial charge in [-0.1, -0.05) is 6.07 Å². The Hall–Kier alpha value is -1.62. The normalized spacial score (nSPS) is 9.87. The summed E-state index contributed by atoms with van der Waals surface area (Å²) >= 11 is 0. The predicted octanol–water partition coefficient (Wildman–Crippen LogP) is -0.118. The van der Waals surface area contributed by atoms with Crippen LogP contribution in [0.25, 0.3) is 0 Å². The van der Waals surface area contributed by atoms with Gasteiger partial charge in [-0.2, -0.15) is 0 Å². The Labute approximate surface area is 89.1 Å². The summed E-state index contributed by atoms with van der Waals surface area (Å²) in [5, 5.41) is 5.70. The van der Waals surface area contributed by atoms with Crippen molar-refractivity contribution in [2.75, 3.05) is 19.6 Å². The summed E-state index contributed by atoms with van der Waals surface area (Å²) in [6, 6.07) is 3.48. The standard InChI is InChI=1S/C10H16N4O/c11-10(15)14-7-6-12-5-3-9-2-1-4-13-8-9/h1-2,4,8,12H,3,5-7H2,(H3,11,14,15). The predicted molar refractivity (Wildman–Crippen MR) is 58.4 cm³/mol. The van der Waals surface area contributed by atoms with Gasteiger partial charge >= 0.3 is 6.03 Å². The summed E-state index contributed by atoms with van der Waals surface area (Å²) in [7, 11) is 0. The second-order valence-electron chi connectivity index (χ2n) is 3.15. The second-order valence-corrected chi connectivity index (χ2v) is 3.15. The zero-order valence-electron chi connectivity index (χ0n) is 8.57. The third-order valence-electron chi connectivity index (χ3n) is 1.91. The molecule has 0 fully saturated rings. The van der Waals surface area contributed by atoms with E-state index in [1.165, 1.54) is 5.56 Å². The molecule has 0 aromatic carbocycles. The second kappa shape index (κ2) is 6.78. The number of rotatable bonds is 6. The summed E-state index contributed by atoms with van der Waals surface area (Å²) in [5.74, 6) is 0. The van der Waals surface area contributed by atoms with Crippen LogP contribution in [-0.2, 0) is 6.42 Å². The zero-order chi connectivity index (χ0) is 10.9. The third-order valence-corrected chi connectivity index (χ3v) is 1.91. The maximum atomic E-state index is 10.3. The summed E-state index contributed by atoms with van der Waals surface area (Å²) in [5.41, 5.74) is 6.11. The first-order chi connectivity index (χ1) is 7.29. The van der Waals surface area contributed by atoms with Crippen molar-refractivity contribution in [3.8, 4) is 0 Å². The molecule has 0 aliphatic rings. The van der Waals surface area contributed by atoms with Crippen LogP contribution in [0.4, 0.5) is 4.79 Å². The van der Waals surface area contributed by atoms with Gasteiger partial charge in [0.05, 0.1) is 0 Å². The fourth-order valence-corrected chi connectivity index (χ4v) is 1.18. The number of urea groups is 1. The molecule has 5 heteroatoms. The number of hydrogen-bond donors (Lipinski definition) is 3. The van der Waals surface area contributed by atoms with Crippen LogP contribution >= 0.6 is 0 Å². The number of primary amides is 1. The Morgan fingerprint density at radius 1 is 1.40 bits per heavy atom. The lowest BCUT2D eigenvalue weighted by Gasteiger charge is -2.04. The van der Waals surface area contributed by atoms with Crippen LogP contribution in [0.2, 0.25) is 0 Å². The number of aromatic nitrogens is 1. The molecule has 1 rings (SSSR count). The lowest BCUT2D eigenvalue weighted by Crippen LogP contribution is -2.35. The van der Waals surface area contributed by atoms with Crippen LogP contribution < -0.4 is 16.4 Å². The van der Waals surface area contributed by atoms with E-state index in [2.05, 4.69) is 15.6 Å². The van der Waals surface area contributed by atoms with Gasteiger partial charge < -0.3 is 16.4 Å². The van der Waals surface area contributed by atoms with Crippen LogP contribution in [0.1, 0.15) is 5.56 Å². The molecule has 0 spiro atoms. The Kier molecular flexibility index (Phi) is 5.18. The fourth-order valence-electron chi connectivity index (χ4n) is 1.18. The summed E-state index contributed by atoms with van der Waals surface area (Å²) in [4.78, 5) is 14.4. The Morgan fingerprint density at radius 3 is 2.93 bits per heavy atom. The Morgan fingerprint density at radius 2 is 2.27 bits per heavy atom. The minimum atomic E-state index is -0.482. The van der Waals surface area contributed by atoms with E-state index in [0.29, 0.717) is 6.54 Å². The molecule has 1 aromatic rings. The van der Waals surface area contributed by atoms with E-state index < -0.39 is 6.03 Å². The monoisotopic (exact) mass is 208 g/mol. The first kappa shape index (κ1) is 11.5. The first-order valence-corrected chi connectivity index (χ1v) is 4.92. The van der Waals surface area contributed by atoms with Gasteiger partial charge in [0.15, 0.2) is 0 Å². The molecule has 2 amide bonds. The quantitative estimate of drug-likeness (QED) is 0.570. The maximum Gasteiger partial charge on any atom is 0.312 e. The molecule has 4 N–H and O–H groups in total. The Bertz CT molecular complexity index is 289. The fraction of sp³-hybridized carbons (Fsp3) is 0.400. The average Bonchev–Trinajstić information content (AvgIpc) is 2.24. The van der Waals surface area contributed by atoms with Crippen molar-refractivity contribution in [1.82, 2.24) is 15.6 Å². The largest absolute Gasteiger partial charge is 0.352 e. The third kappa shape index (κ3) is 5.64. The smallest absolute Gasteiger partial charge is 0.312 e. The molecule has 0 saturated heterocycles. The van der Waals surface area contributed by atoms with Crippen molar-refractivity contribution in [3.05, 3.63) is 30.1 Å². The van der Waals surface area contributed by atoms with Gasteiger partial charge in [-0.15, -0.1) is 0 Å². The minimum absolute atomic E-state index is 0.482. The van der Waals surface area contributed by atoms with Crippen molar-refractivity contribution >= 4 is 6.03 Å². The van der Waals surface area contributed by atoms with Gasteiger partial charge in [-0.3, -0.25) is 4.98 Å². The van der Waals surface area contributed by atoms with Crippen molar-refractivity contribution < 1.29 is 4.79 Å². The molecule has 0 saturated carbocycles. The maximum absolute atomic E-state index is 10.3. The SMILES string of the molecule is NC(=O)NCCNCCc1cccnc1. The van der Waals surface area contributed by atoms with Crippen molar-refractivity contribution in [1.29, 1.82) is 0 Å². The van der Waals surface area contributed by atoms with Crippen molar-refractivity contribution in [2.24, 2.45) is 5.73 Å². The van der Waals surface area contributed by atoms with Gasteiger partial charge in [0.1, 0.15) is 0 Å². The van der Waals surface area contributed by atoms with E-state index in [1.54, 1.807) is 6.20 Å². The number of nitrogens with two attached hydrogens (primary N) is 1. The van der Waals surface area contributed by atoms with Crippen LogP contribution in [0.5, 0.6) is 0 Å². The molecule has 0 aliphatic carbocycles. The molecule has 5 nitrogen and oxygen atoms in total. The lowest BCUT2D eigenvalue weighted by atomic mass is 10.2. The Balaban J connectivity index is 2.00. The molecule has 82 valence electrons. The van der Waals surface area contributed by atoms with Gasteiger partial charge in [0.2, 0.25) is 0 Å². The summed E-state index contributed by atoms with van der Waals surface area (Å²) < 4.78 is 0. The minimum Gasteiger partial charge on any atom is -0.352 e. The number of hydrogen-bond acceptors (Lipinski definition) is 3. The molecule has 0 unspecified atom stereocenters. The van der Waals surface area contributed by atoms with Gasteiger partial charge in [0.25, 0.3) is 0 Å². The van der Waals surface area contributed by atoms with Crippen LogP contribution in [0.15, 0.2) is 24.5 Å². The van der Waals surface area contributed by atoms with Gasteiger partial charge in [-0.25, -0.2) is 4.79 Å². The van der Waals surface area contributed by atoms with E-state index in [1.807, 2.05) is 18.3 Å². The molecule has 1 heterocycles. The highest BCUT2D eigenvalue weighted by molar-refractivity contribution is 5.71. The van der Waals surface area contributed by atoms with E-state index in [0.717, 1.165) is 19.5 Å². The van der Waals surface area contributed by atoms with E-state index >= 15 is 0 Å². The number of carbonyl (C=O) groups excluding carboxylic acids is 1. The molecule has 0 radical (unpaired) electrons. The molecule has 0 aliphatic heterocycles. The van der Waals surface area contributed by atoms with Crippen molar-refractivity contribution in [2.45, 2.75) is 6.42 Å². The van der Waals surface area contributed by atoms with Gasteiger partial charge in [-0.05, 0) is 24.6 Å². The molecular formula is C10H16N4O. The number of amides is 2. The summed E-state index contributed by atoms with van der Waals surface area (Å²) in [6.45, 7) is 2.15. The number of carbonyl (C=O) groups is 1. The number of pyridine rings is 1. The van der Waals surface area contributed by atoms with E-state index in [9.17, 15) is 4.79 Å². The molecule has 15 heavy (non-hydrogen) atoms. The van der Waals surface area contributed by atoms with Crippen molar-refractivity contribution in [3.63, 3.8) is 0 Å². The topological polar surface area (TPSA) is 80.0 Å². The highest BCUT2D eigenvalue weighted by Gasteiger charge is 1.93. The highest BCUT2D eigenvalue weighted by atomic mass is 16.2. The first-order valence-electron chi connectivity index (χ1n) is 4.92. The number of nitrogens with one attached hydrogen (secondary N) is 2. The van der Waals surface area contributed by atoms with Gasteiger partial charge in [0, 0.05) is 25.5 Å². The highest BCUT2D eigenvalue weighted by Crippen LogP contribution is 1.94. The molecule has 1 aromatic heterocycles. The average molecular weight is 208 g/mol. The summed E-state index contributed by atoms with van der Waals surface area (Å²) in [6.07, 6.45) is 4.54. The van der Waals surface area contributed by atoms with E-state index in [-0.39, 0.29) is 0 Å².